The fourth-order valence-corrected chi connectivity index (χ4v) is 4.47. The smallest absolute Gasteiger partial charge is 0.151 e. The van der Waals surface area contributed by atoms with Crippen LogP contribution in [0.25, 0.3) is 6.08 Å². The molecule has 0 aliphatic heterocycles. The summed E-state index contributed by atoms with van der Waals surface area (Å²) < 4.78 is 23.6. The van der Waals surface area contributed by atoms with E-state index in [-0.39, 0.29) is 11.3 Å². The molecule has 0 N–H and O–H groups in total. The molecule has 2 rings (SSSR count). The first kappa shape index (κ1) is 15.3. The van der Waals surface area contributed by atoms with E-state index >= 15 is 0 Å². The van der Waals surface area contributed by atoms with Crippen molar-refractivity contribution in [1.29, 1.82) is 0 Å². The summed E-state index contributed by atoms with van der Waals surface area (Å²) in [5, 5.41) is -0.197. The average Bonchev–Trinajstić information content (AvgIpc) is 2.89. The van der Waals surface area contributed by atoms with Crippen LogP contribution in [-0.2, 0) is 9.84 Å². The molecule has 0 saturated heterocycles. The summed E-state index contributed by atoms with van der Waals surface area (Å²) in [5.74, 6) is 0. The van der Waals surface area contributed by atoms with E-state index in [2.05, 4.69) is 29.2 Å². The minimum atomic E-state index is -2.94. The standard InChI is InChI=1S/C16H23NO2S/c1-17(13-7-10-14-8-4-3-5-9-14)15-11-6-12-16(15)20(2,18)19/h3-5,7-10,15-16H,6,11-13H2,1-2H3/b10-7+/t15-,16+/m0/s1. The van der Waals surface area contributed by atoms with Gasteiger partial charge in [-0.15, -0.1) is 0 Å². The molecule has 0 unspecified atom stereocenters. The summed E-state index contributed by atoms with van der Waals surface area (Å²) in [4.78, 5) is 2.16. The molecule has 1 aromatic carbocycles. The van der Waals surface area contributed by atoms with Gasteiger partial charge in [0.05, 0.1) is 5.25 Å². The lowest BCUT2D eigenvalue weighted by Gasteiger charge is -2.27. The maximum atomic E-state index is 11.8. The van der Waals surface area contributed by atoms with Crippen molar-refractivity contribution in [3.05, 3.63) is 42.0 Å². The minimum Gasteiger partial charge on any atom is -0.298 e. The summed E-state index contributed by atoms with van der Waals surface area (Å²) in [5.41, 5.74) is 1.17. The molecule has 20 heavy (non-hydrogen) atoms. The second kappa shape index (κ2) is 6.55. The van der Waals surface area contributed by atoms with Crippen LogP contribution in [0, 0.1) is 0 Å². The van der Waals surface area contributed by atoms with Gasteiger partial charge in [-0.2, -0.15) is 0 Å². The maximum Gasteiger partial charge on any atom is 0.151 e. The van der Waals surface area contributed by atoms with Crippen LogP contribution in [0.4, 0.5) is 0 Å². The van der Waals surface area contributed by atoms with Crippen molar-refractivity contribution in [2.24, 2.45) is 0 Å². The van der Waals surface area contributed by atoms with E-state index in [1.54, 1.807) is 0 Å². The third-order valence-corrected chi connectivity index (χ3v) is 5.69. The molecule has 3 nitrogen and oxygen atoms in total. The largest absolute Gasteiger partial charge is 0.298 e. The molecule has 1 saturated carbocycles. The number of rotatable bonds is 5. The molecule has 0 radical (unpaired) electrons. The number of hydrogen-bond acceptors (Lipinski definition) is 3. The van der Waals surface area contributed by atoms with Gasteiger partial charge in [0.1, 0.15) is 0 Å². The van der Waals surface area contributed by atoms with E-state index in [0.717, 1.165) is 25.8 Å². The van der Waals surface area contributed by atoms with Crippen molar-refractivity contribution in [3.8, 4) is 0 Å². The van der Waals surface area contributed by atoms with Crippen LogP contribution in [-0.4, -0.2) is 44.5 Å². The SMILES string of the molecule is CN(C/C=C/c1ccccc1)[C@H]1CCC[C@H]1S(C)(=O)=O. The lowest BCUT2D eigenvalue weighted by Crippen LogP contribution is -2.41. The first-order valence-corrected chi connectivity index (χ1v) is 9.04. The molecule has 1 aliphatic carbocycles. The zero-order chi connectivity index (χ0) is 14.6. The first-order valence-electron chi connectivity index (χ1n) is 7.09. The number of likely N-dealkylation sites (N-methyl/N-ethyl adjacent to an activating group) is 1. The van der Waals surface area contributed by atoms with Crippen LogP contribution in [0.5, 0.6) is 0 Å². The molecule has 1 fully saturated rings. The van der Waals surface area contributed by atoms with E-state index in [9.17, 15) is 8.42 Å². The summed E-state index contributed by atoms with van der Waals surface area (Å²) in [6, 6.07) is 10.3. The van der Waals surface area contributed by atoms with Gasteiger partial charge in [0, 0.05) is 18.8 Å². The van der Waals surface area contributed by atoms with Crippen molar-refractivity contribution in [1.82, 2.24) is 4.90 Å². The lowest BCUT2D eigenvalue weighted by atomic mass is 10.2. The van der Waals surface area contributed by atoms with Crippen LogP contribution < -0.4 is 0 Å². The van der Waals surface area contributed by atoms with E-state index in [1.807, 2.05) is 25.2 Å². The number of nitrogens with zero attached hydrogens (tertiary/aromatic N) is 1. The van der Waals surface area contributed by atoms with Gasteiger partial charge in [-0.25, -0.2) is 8.42 Å². The average molecular weight is 293 g/mol. The van der Waals surface area contributed by atoms with E-state index in [0.29, 0.717) is 0 Å². The molecule has 110 valence electrons. The molecule has 4 heteroatoms. The van der Waals surface area contributed by atoms with E-state index in [4.69, 9.17) is 0 Å². The second-order valence-electron chi connectivity index (χ2n) is 5.62. The maximum absolute atomic E-state index is 11.8. The molecule has 2 atom stereocenters. The van der Waals surface area contributed by atoms with Crippen molar-refractivity contribution in [2.45, 2.75) is 30.6 Å². The summed E-state index contributed by atoms with van der Waals surface area (Å²) >= 11 is 0. The third-order valence-electron chi connectivity index (χ3n) is 4.04. The molecular weight excluding hydrogens is 270 g/mol. The van der Waals surface area contributed by atoms with Gasteiger partial charge in [0.25, 0.3) is 0 Å². The Morgan fingerprint density at radius 2 is 1.95 bits per heavy atom. The summed E-state index contributed by atoms with van der Waals surface area (Å²) in [7, 11) is -0.922. The predicted molar refractivity (Wildman–Crippen MR) is 84.4 cm³/mol. The van der Waals surface area contributed by atoms with Crippen LogP contribution in [0.2, 0.25) is 0 Å². The minimum absolute atomic E-state index is 0.158. The topological polar surface area (TPSA) is 37.4 Å². The normalized spacial score (nSPS) is 23.8. The Morgan fingerprint density at radius 1 is 1.25 bits per heavy atom. The van der Waals surface area contributed by atoms with Gasteiger partial charge >= 0.3 is 0 Å². The summed E-state index contributed by atoms with van der Waals surface area (Å²) in [6.07, 6.45) is 8.34. The molecule has 0 spiro atoms. The second-order valence-corrected chi connectivity index (χ2v) is 7.88. The zero-order valence-electron chi connectivity index (χ0n) is 12.2. The lowest BCUT2D eigenvalue weighted by molar-refractivity contribution is 0.272. The van der Waals surface area contributed by atoms with Crippen LogP contribution in [0.3, 0.4) is 0 Å². The van der Waals surface area contributed by atoms with Crippen LogP contribution in [0.15, 0.2) is 36.4 Å². The number of benzene rings is 1. The first-order chi connectivity index (χ1) is 9.48. The third kappa shape index (κ3) is 3.93. The van der Waals surface area contributed by atoms with E-state index in [1.165, 1.54) is 11.8 Å². The summed E-state index contributed by atoms with van der Waals surface area (Å²) in [6.45, 7) is 0.783. The molecule has 0 amide bonds. The molecule has 0 aromatic heterocycles. The highest BCUT2D eigenvalue weighted by molar-refractivity contribution is 7.91. The van der Waals surface area contributed by atoms with Crippen LogP contribution in [0.1, 0.15) is 24.8 Å². The van der Waals surface area contributed by atoms with Gasteiger partial charge in [-0.1, -0.05) is 48.9 Å². The monoisotopic (exact) mass is 293 g/mol. The Morgan fingerprint density at radius 3 is 2.60 bits per heavy atom. The van der Waals surface area contributed by atoms with Gasteiger partial charge in [0.2, 0.25) is 0 Å². The Kier molecular flexibility index (Phi) is 5.00. The molecule has 1 aliphatic rings. The Bertz CT molecular complexity index is 551. The molecule has 0 heterocycles. The predicted octanol–water partition coefficient (Wildman–Crippen LogP) is 2.60. The fourth-order valence-electron chi connectivity index (χ4n) is 2.96. The highest BCUT2D eigenvalue weighted by Crippen LogP contribution is 2.28. The van der Waals surface area contributed by atoms with Crippen molar-refractivity contribution >= 4 is 15.9 Å². The quantitative estimate of drug-likeness (QED) is 0.837. The van der Waals surface area contributed by atoms with Gasteiger partial charge in [-0.3, -0.25) is 4.90 Å². The highest BCUT2D eigenvalue weighted by atomic mass is 32.2. The Balaban J connectivity index is 1.95. The van der Waals surface area contributed by atoms with Crippen LogP contribution >= 0.6 is 0 Å². The van der Waals surface area contributed by atoms with Crippen molar-refractivity contribution < 1.29 is 8.42 Å². The molecular formula is C16H23NO2S. The molecule has 0 bridgehead atoms. The van der Waals surface area contributed by atoms with Gasteiger partial charge in [0.15, 0.2) is 9.84 Å². The molecule has 1 aromatic rings. The fraction of sp³-hybridized carbons (Fsp3) is 0.500. The Labute approximate surface area is 122 Å². The zero-order valence-corrected chi connectivity index (χ0v) is 13.0. The van der Waals surface area contributed by atoms with Gasteiger partial charge < -0.3 is 0 Å². The van der Waals surface area contributed by atoms with Crippen molar-refractivity contribution in [2.75, 3.05) is 19.8 Å². The highest BCUT2D eigenvalue weighted by Gasteiger charge is 2.36. The van der Waals surface area contributed by atoms with Gasteiger partial charge in [-0.05, 0) is 25.5 Å². The number of sulfone groups is 1. The Hall–Kier alpha value is -1.13. The van der Waals surface area contributed by atoms with Crippen molar-refractivity contribution in [3.63, 3.8) is 0 Å². The number of hydrogen-bond donors (Lipinski definition) is 0. The van der Waals surface area contributed by atoms with E-state index < -0.39 is 9.84 Å².